The van der Waals surface area contributed by atoms with Crippen molar-refractivity contribution < 1.29 is 23.4 Å². The molecule has 0 spiro atoms. The zero-order valence-electron chi connectivity index (χ0n) is 10.7. The maximum atomic E-state index is 12.3. The molecule has 0 radical (unpaired) electrons. The monoisotopic (exact) mass is 361 g/mol. The van der Waals surface area contributed by atoms with Gasteiger partial charge in [-0.15, -0.1) is 0 Å². The van der Waals surface area contributed by atoms with E-state index in [1.54, 1.807) is 0 Å². The number of phenolic OH excluding ortho intramolecular Hbond substituents is 1. The molecule has 0 heterocycles. The predicted octanol–water partition coefficient (Wildman–Crippen LogP) is 3.20. The van der Waals surface area contributed by atoms with Crippen LogP contribution in [-0.2, 0) is 10.0 Å². The molecule has 0 aliphatic rings. The minimum absolute atomic E-state index is 0.0235. The molecule has 0 aliphatic heterocycles. The maximum absolute atomic E-state index is 12.3. The SMILES string of the molecule is O=C(O)c1cccc(NS(=O)(=O)c2cc(Cl)cc(Cl)c2O)c1. The van der Waals surface area contributed by atoms with Crippen molar-refractivity contribution in [3.05, 3.63) is 52.0 Å². The molecule has 22 heavy (non-hydrogen) atoms. The Balaban J connectivity index is 2.45. The molecule has 0 aromatic heterocycles. The van der Waals surface area contributed by atoms with Gasteiger partial charge in [-0.3, -0.25) is 4.72 Å². The normalized spacial score (nSPS) is 11.2. The lowest BCUT2D eigenvalue weighted by atomic mass is 10.2. The number of rotatable bonds is 4. The summed E-state index contributed by atoms with van der Waals surface area (Å²) in [7, 11) is -4.19. The third kappa shape index (κ3) is 3.44. The standard InChI is InChI=1S/C13H9Cl2NO5S/c14-8-5-10(15)12(17)11(6-8)22(20,21)16-9-3-1-2-7(4-9)13(18)19/h1-6,16-17H,(H,18,19). The number of carboxylic acids is 1. The van der Waals surface area contributed by atoms with Crippen LogP contribution in [0.4, 0.5) is 5.69 Å². The van der Waals surface area contributed by atoms with Crippen LogP contribution in [0.2, 0.25) is 10.0 Å². The van der Waals surface area contributed by atoms with E-state index in [1.165, 1.54) is 24.3 Å². The Kier molecular flexibility index (Phi) is 4.50. The van der Waals surface area contributed by atoms with Crippen LogP contribution in [0.3, 0.4) is 0 Å². The fourth-order valence-corrected chi connectivity index (χ4v) is 3.48. The van der Waals surface area contributed by atoms with Gasteiger partial charge in [-0.2, -0.15) is 0 Å². The fraction of sp³-hybridized carbons (Fsp3) is 0. The van der Waals surface area contributed by atoms with Gasteiger partial charge in [0, 0.05) is 10.7 Å². The first-order valence-electron chi connectivity index (χ1n) is 5.75. The lowest BCUT2D eigenvalue weighted by Gasteiger charge is -2.11. The molecular formula is C13H9Cl2NO5S. The first-order valence-corrected chi connectivity index (χ1v) is 7.99. The van der Waals surface area contributed by atoms with E-state index in [0.717, 1.165) is 12.1 Å². The van der Waals surface area contributed by atoms with Crippen LogP contribution in [-0.4, -0.2) is 24.6 Å². The Morgan fingerprint density at radius 1 is 1.14 bits per heavy atom. The molecule has 2 rings (SSSR count). The second-order valence-corrected chi connectivity index (χ2v) is 6.72. The highest BCUT2D eigenvalue weighted by molar-refractivity contribution is 7.92. The minimum Gasteiger partial charge on any atom is -0.505 e. The van der Waals surface area contributed by atoms with Crippen LogP contribution < -0.4 is 4.72 Å². The van der Waals surface area contributed by atoms with Crippen molar-refractivity contribution in [2.75, 3.05) is 4.72 Å². The summed E-state index contributed by atoms with van der Waals surface area (Å²) in [6.45, 7) is 0. The van der Waals surface area contributed by atoms with Crippen molar-refractivity contribution in [1.29, 1.82) is 0 Å². The van der Waals surface area contributed by atoms with Crippen LogP contribution in [0, 0.1) is 0 Å². The van der Waals surface area contributed by atoms with E-state index in [-0.39, 0.29) is 21.3 Å². The minimum atomic E-state index is -4.19. The molecule has 6 nitrogen and oxygen atoms in total. The zero-order valence-corrected chi connectivity index (χ0v) is 13.1. The molecule has 0 unspecified atom stereocenters. The summed E-state index contributed by atoms with van der Waals surface area (Å²) in [5.74, 6) is -1.84. The van der Waals surface area contributed by atoms with E-state index in [4.69, 9.17) is 28.3 Å². The molecule has 0 saturated heterocycles. The molecule has 0 fully saturated rings. The number of aromatic carboxylic acids is 1. The van der Waals surface area contributed by atoms with E-state index in [0.29, 0.717) is 0 Å². The smallest absolute Gasteiger partial charge is 0.335 e. The van der Waals surface area contributed by atoms with E-state index in [9.17, 15) is 18.3 Å². The number of carbonyl (C=O) groups is 1. The summed E-state index contributed by atoms with van der Waals surface area (Å²) in [4.78, 5) is 10.4. The molecule has 0 bridgehead atoms. The van der Waals surface area contributed by atoms with Gasteiger partial charge in [-0.1, -0.05) is 29.3 Å². The zero-order chi connectivity index (χ0) is 16.5. The van der Waals surface area contributed by atoms with Gasteiger partial charge >= 0.3 is 5.97 Å². The number of nitrogens with one attached hydrogen (secondary N) is 1. The van der Waals surface area contributed by atoms with Crippen molar-refractivity contribution in [2.45, 2.75) is 4.90 Å². The van der Waals surface area contributed by atoms with E-state index in [1.807, 2.05) is 0 Å². The number of aromatic hydroxyl groups is 1. The van der Waals surface area contributed by atoms with Gasteiger partial charge in [0.1, 0.15) is 4.90 Å². The van der Waals surface area contributed by atoms with Crippen LogP contribution in [0.15, 0.2) is 41.3 Å². The molecule has 9 heteroatoms. The summed E-state index contributed by atoms with van der Waals surface area (Å²) in [5, 5.41) is 18.5. The lowest BCUT2D eigenvalue weighted by molar-refractivity contribution is 0.0697. The Bertz CT molecular complexity index is 852. The van der Waals surface area contributed by atoms with E-state index in [2.05, 4.69) is 4.72 Å². The molecule has 2 aromatic rings. The van der Waals surface area contributed by atoms with Crippen LogP contribution in [0.5, 0.6) is 5.75 Å². The molecule has 0 aliphatic carbocycles. The summed E-state index contributed by atoms with van der Waals surface area (Å²) in [6.07, 6.45) is 0. The van der Waals surface area contributed by atoms with Gasteiger partial charge in [0.15, 0.2) is 5.75 Å². The highest BCUT2D eigenvalue weighted by Crippen LogP contribution is 2.35. The Hall–Kier alpha value is -1.96. The van der Waals surface area contributed by atoms with Gasteiger partial charge < -0.3 is 10.2 Å². The number of benzene rings is 2. The van der Waals surface area contributed by atoms with Gasteiger partial charge in [0.05, 0.1) is 10.6 Å². The average molecular weight is 362 g/mol. The predicted molar refractivity (Wildman–Crippen MR) is 82.3 cm³/mol. The number of hydrogen-bond acceptors (Lipinski definition) is 4. The summed E-state index contributed by atoms with van der Waals surface area (Å²) in [6, 6.07) is 7.44. The Labute approximate surface area is 136 Å². The number of phenols is 1. The van der Waals surface area contributed by atoms with Crippen LogP contribution in [0.25, 0.3) is 0 Å². The second kappa shape index (κ2) is 6.04. The van der Waals surface area contributed by atoms with Crippen molar-refractivity contribution in [1.82, 2.24) is 0 Å². The highest BCUT2D eigenvalue weighted by atomic mass is 35.5. The fourth-order valence-electron chi connectivity index (χ4n) is 1.67. The lowest BCUT2D eigenvalue weighted by Crippen LogP contribution is -2.13. The van der Waals surface area contributed by atoms with Gasteiger partial charge in [0.25, 0.3) is 10.0 Å². The van der Waals surface area contributed by atoms with Crippen LogP contribution >= 0.6 is 23.2 Å². The van der Waals surface area contributed by atoms with Crippen molar-refractivity contribution in [3.63, 3.8) is 0 Å². The van der Waals surface area contributed by atoms with Gasteiger partial charge in [-0.05, 0) is 30.3 Å². The highest BCUT2D eigenvalue weighted by Gasteiger charge is 2.22. The van der Waals surface area contributed by atoms with Gasteiger partial charge in [0.2, 0.25) is 0 Å². The van der Waals surface area contributed by atoms with E-state index < -0.39 is 26.6 Å². The molecule has 0 atom stereocenters. The molecule has 0 amide bonds. The summed E-state index contributed by atoms with van der Waals surface area (Å²) in [5.41, 5.74) is -0.0658. The third-order valence-electron chi connectivity index (χ3n) is 2.64. The number of hydrogen-bond donors (Lipinski definition) is 3. The van der Waals surface area contributed by atoms with Crippen molar-refractivity contribution >= 4 is 44.9 Å². The maximum Gasteiger partial charge on any atom is 0.335 e. The first kappa shape index (κ1) is 16.4. The van der Waals surface area contributed by atoms with E-state index >= 15 is 0 Å². The number of carboxylic acid groups (broad SMARTS) is 1. The largest absolute Gasteiger partial charge is 0.505 e. The molecule has 116 valence electrons. The van der Waals surface area contributed by atoms with Crippen molar-refractivity contribution in [2.24, 2.45) is 0 Å². The third-order valence-corrected chi connectivity index (χ3v) is 4.55. The summed E-state index contributed by atoms with van der Waals surface area (Å²) < 4.78 is 26.7. The number of sulfonamides is 1. The molecular weight excluding hydrogens is 353 g/mol. The van der Waals surface area contributed by atoms with Gasteiger partial charge in [-0.25, -0.2) is 13.2 Å². The quantitative estimate of drug-likeness (QED) is 0.775. The second-order valence-electron chi connectivity index (χ2n) is 4.23. The number of anilines is 1. The molecule has 3 N–H and O–H groups in total. The molecule has 2 aromatic carbocycles. The average Bonchev–Trinajstić information content (AvgIpc) is 2.42. The molecule has 0 saturated carbocycles. The van der Waals surface area contributed by atoms with Crippen molar-refractivity contribution in [3.8, 4) is 5.75 Å². The summed E-state index contributed by atoms with van der Waals surface area (Å²) >= 11 is 11.4. The first-order chi connectivity index (χ1) is 10.2. The van der Waals surface area contributed by atoms with Crippen LogP contribution in [0.1, 0.15) is 10.4 Å². The number of halogens is 2. The Morgan fingerprint density at radius 2 is 1.82 bits per heavy atom. The topological polar surface area (TPSA) is 104 Å². The Morgan fingerprint density at radius 3 is 2.45 bits per heavy atom.